The monoisotopic (exact) mass is 265 g/mol. The molecule has 0 spiro atoms. The fraction of sp³-hybridized carbons (Fsp3) is 0.533. The molecule has 0 saturated carbocycles. The van der Waals surface area contributed by atoms with Crippen molar-refractivity contribution < 1.29 is 14.4 Å². The van der Waals surface area contributed by atoms with Gasteiger partial charge in [-0.2, -0.15) is 0 Å². The first-order valence-electron chi connectivity index (χ1n) is 6.45. The summed E-state index contributed by atoms with van der Waals surface area (Å²) in [6, 6.07) is 5.97. The van der Waals surface area contributed by atoms with Crippen LogP contribution in [0.4, 0.5) is 0 Å². The van der Waals surface area contributed by atoms with E-state index in [9.17, 15) is 4.79 Å². The topological polar surface area (TPSA) is 47.6 Å². The highest BCUT2D eigenvalue weighted by molar-refractivity contribution is 5.74. The normalized spacial score (nSPS) is 11.2. The van der Waals surface area contributed by atoms with E-state index in [-0.39, 0.29) is 17.9 Å². The van der Waals surface area contributed by atoms with Crippen LogP contribution in [0.3, 0.4) is 0 Å². The molecule has 0 unspecified atom stereocenters. The lowest BCUT2D eigenvalue weighted by atomic mass is 10.1. The van der Waals surface area contributed by atoms with Gasteiger partial charge in [0, 0.05) is 0 Å². The van der Waals surface area contributed by atoms with Gasteiger partial charge in [-0.15, -0.1) is 0 Å². The number of ether oxygens (including phenoxy) is 1. The lowest BCUT2D eigenvalue weighted by molar-refractivity contribution is -0.146. The van der Waals surface area contributed by atoms with E-state index in [0.717, 1.165) is 16.9 Å². The fourth-order valence-electron chi connectivity index (χ4n) is 1.53. The lowest BCUT2D eigenvalue weighted by Gasteiger charge is -2.19. The first-order chi connectivity index (χ1) is 8.79. The van der Waals surface area contributed by atoms with Crippen molar-refractivity contribution in [3.63, 3.8) is 0 Å². The summed E-state index contributed by atoms with van der Waals surface area (Å²) in [5.74, 6) is 0.674. The summed E-state index contributed by atoms with van der Waals surface area (Å²) in [5, 5.41) is 0. The van der Waals surface area contributed by atoms with Crippen molar-refractivity contribution in [2.24, 2.45) is 0 Å². The van der Waals surface area contributed by atoms with Gasteiger partial charge < -0.3 is 4.74 Å². The smallest absolute Gasteiger partial charge is 0.246 e. The van der Waals surface area contributed by atoms with Crippen molar-refractivity contribution in [1.82, 2.24) is 5.48 Å². The Morgan fingerprint density at radius 3 is 2.32 bits per heavy atom. The van der Waals surface area contributed by atoms with Gasteiger partial charge in [-0.05, 0) is 45.7 Å². The molecule has 1 N–H and O–H groups in total. The van der Waals surface area contributed by atoms with Crippen molar-refractivity contribution in [2.45, 2.75) is 46.6 Å². The third-order valence-electron chi connectivity index (χ3n) is 2.46. The Balaban J connectivity index is 2.36. The lowest BCUT2D eigenvalue weighted by Crippen LogP contribution is -2.34. The molecule has 0 saturated heterocycles. The Morgan fingerprint density at radius 2 is 1.79 bits per heavy atom. The molecule has 0 aromatic heterocycles. The molecule has 0 fully saturated rings. The zero-order chi connectivity index (χ0) is 14.5. The molecule has 1 aromatic carbocycles. The van der Waals surface area contributed by atoms with E-state index in [2.05, 4.69) is 5.48 Å². The van der Waals surface area contributed by atoms with Crippen LogP contribution in [0.15, 0.2) is 18.2 Å². The molecule has 1 aromatic rings. The third-order valence-corrected chi connectivity index (χ3v) is 2.46. The van der Waals surface area contributed by atoms with Gasteiger partial charge in [-0.1, -0.05) is 18.2 Å². The number of nitrogens with one attached hydrogen (secondary N) is 1. The number of amides is 1. The second-order valence-corrected chi connectivity index (χ2v) is 5.56. The van der Waals surface area contributed by atoms with Crippen molar-refractivity contribution in [1.29, 1.82) is 0 Å². The number of hydrogen-bond acceptors (Lipinski definition) is 3. The molecule has 4 heteroatoms. The van der Waals surface area contributed by atoms with E-state index in [1.165, 1.54) is 0 Å². The quantitative estimate of drug-likeness (QED) is 0.833. The standard InChI is InChI=1S/C15H23NO3/c1-11-7-6-8-12(2)14(11)18-10-9-13(17)16-19-15(3,4)5/h6-8H,9-10H2,1-5H3,(H,16,17). The molecule has 0 atom stereocenters. The Bertz CT molecular complexity index is 415. The minimum absolute atomic E-state index is 0.179. The Labute approximate surface area is 115 Å². The van der Waals surface area contributed by atoms with Gasteiger partial charge in [0.2, 0.25) is 5.91 Å². The zero-order valence-corrected chi connectivity index (χ0v) is 12.4. The largest absolute Gasteiger partial charge is 0.493 e. The minimum atomic E-state index is -0.386. The fourth-order valence-corrected chi connectivity index (χ4v) is 1.53. The van der Waals surface area contributed by atoms with Crippen LogP contribution in [-0.2, 0) is 9.63 Å². The first-order valence-corrected chi connectivity index (χ1v) is 6.45. The van der Waals surface area contributed by atoms with E-state index < -0.39 is 0 Å². The summed E-state index contributed by atoms with van der Waals surface area (Å²) in [7, 11) is 0. The number of carbonyl (C=O) groups is 1. The molecule has 0 aliphatic heterocycles. The second-order valence-electron chi connectivity index (χ2n) is 5.56. The Morgan fingerprint density at radius 1 is 1.21 bits per heavy atom. The number of hydroxylamine groups is 1. The first kappa shape index (κ1) is 15.5. The second kappa shape index (κ2) is 6.57. The van der Waals surface area contributed by atoms with Gasteiger partial charge in [0.15, 0.2) is 0 Å². The molecule has 0 heterocycles. The summed E-state index contributed by atoms with van der Waals surface area (Å²) in [6.45, 7) is 9.95. The predicted octanol–water partition coefficient (Wildman–Crippen LogP) is 2.92. The van der Waals surface area contributed by atoms with Crippen LogP contribution >= 0.6 is 0 Å². The number of rotatable bonds is 5. The van der Waals surface area contributed by atoms with Crippen LogP contribution in [0.25, 0.3) is 0 Å². The number of hydrogen-bond donors (Lipinski definition) is 1. The van der Waals surface area contributed by atoms with Gasteiger partial charge in [-0.3, -0.25) is 9.63 Å². The van der Waals surface area contributed by atoms with Crippen LogP contribution in [-0.4, -0.2) is 18.1 Å². The Kier molecular flexibility index (Phi) is 5.36. The SMILES string of the molecule is Cc1cccc(C)c1OCCC(=O)NOC(C)(C)C. The average Bonchev–Trinajstić information content (AvgIpc) is 2.29. The van der Waals surface area contributed by atoms with Crippen molar-refractivity contribution in [3.8, 4) is 5.75 Å². The van der Waals surface area contributed by atoms with Crippen molar-refractivity contribution in [3.05, 3.63) is 29.3 Å². The van der Waals surface area contributed by atoms with E-state index in [0.29, 0.717) is 6.61 Å². The summed E-state index contributed by atoms with van der Waals surface area (Å²) < 4.78 is 5.65. The molecule has 0 bridgehead atoms. The van der Waals surface area contributed by atoms with Crippen molar-refractivity contribution >= 4 is 5.91 Å². The van der Waals surface area contributed by atoms with Crippen LogP contribution in [0.2, 0.25) is 0 Å². The molecule has 0 aliphatic rings. The highest BCUT2D eigenvalue weighted by Gasteiger charge is 2.13. The van der Waals surface area contributed by atoms with Gasteiger partial charge >= 0.3 is 0 Å². The molecule has 0 radical (unpaired) electrons. The van der Waals surface area contributed by atoms with E-state index in [1.807, 2.05) is 52.8 Å². The predicted molar refractivity (Wildman–Crippen MR) is 75.0 cm³/mol. The number of carbonyl (C=O) groups excluding carboxylic acids is 1. The highest BCUT2D eigenvalue weighted by Crippen LogP contribution is 2.22. The van der Waals surface area contributed by atoms with Crippen LogP contribution in [0, 0.1) is 13.8 Å². The van der Waals surface area contributed by atoms with Crippen LogP contribution < -0.4 is 10.2 Å². The summed E-state index contributed by atoms with van der Waals surface area (Å²) in [5.41, 5.74) is 4.18. The van der Waals surface area contributed by atoms with Gasteiger partial charge in [-0.25, -0.2) is 5.48 Å². The van der Waals surface area contributed by atoms with Crippen LogP contribution in [0.5, 0.6) is 5.75 Å². The maximum atomic E-state index is 11.5. The van der Waals surface area contributed by atoms with Crippen molar-refractivity contribution in [2.75, 3.05) is 6.61 Å². The number of aryl methyl sites for hydroxylation is 2. The molecule has 106 valence electrons. The third kappa shape index (κ3) is 5.75. The molecule has 1 amide bonds. The number of benzene rings is 1. The van der Waals surface area contributed by atoms with Crippen LogP contribution in [0.1, 0.15) is 38.3 Å². The summed E-state index contributed by atoms with van der Waals surface area (Å²) in [4.78, 5) is 16.7. The maximum Gasteiger partial charge on any atom is 0.246 e. The summed E-state index contributed by atoms with van der Waals surface area (Å²) in [6.07, 6.45) is 0.268. The molecule has 0 aliphatic carbocycles. The van der Waals surface area contributed by atoms with Gasteiger partial charge in [0.25, 0.3) is 0 Å². The molecular formula is C15H23NO3. The maximum absolute atomic E-state index is 11.5. The molecule has 4 nitrogen and oxygen atoms in total. The molecule has 19 heavy (non-hydrogen) atoms. The highest BCUT2D eigenvalue weighted by atomic mass is 16.7. The summed E-state index contributed by atoms with van der Waals surface area (Å²) >= 11 is 0. The average molecular weight is 265 g/mol. The Hall–Kier alpha value is -1.55. The van der Waals surface area contributed by atoms with E-state index in [1.54, 1.807) is 0 Å². The van der Waals surface area contributed by atoms with E-state index in [4.69, 9.17) is 9.57 Å². The number of para-hydroxylation sites is 1. The van der Waals surface area contributed by atoms with E-state index >= 15 is 0 Å². The van der Waals surface area contributed by atoms with Gasteiger partial charge in [0.05, 0.1) is 18.6 Å². The zero-order valence-electron chi connectivity index (χ0n) is 12.4. The minimum Gasteiger partial charge on any atom is -0.493 e. The molecular weight excluding hydrogens is 242 g/mol. The molecule has 1 rings (SSSR count). The van der Waals surface area contributed by atoms with Gasteiger partial charge in [0.1, 0.15) is 5.75 Å².